The molecule has 0 bridgehead atoms. The fourth-order valence-corrected chi connectivity index (χ4v) is 3.06. The summed E-state index contributed by atoms with van der Waals surface area (Å²) in [4.78, 5) is 0.233. The molecule has 7 heteroatoms. The van der Waals surface area contributed by atoms with E-state index in [1.54, 1.807) is 12.1 Å². The van der Waals surface area contributed by atoms with Crippen molar-refractivity contribution in [1.29, 1.82) is 0 Å². The van der Waals surface area contributed by atoms with E-state index >= 15 is 0 Å². The second-order valence-electron chi connectivity index (χ2n) is 4.69. The topological polar surface area (TPSA) is 90.7 Å². The molecule has 0 saturated carbocycles. The maximum absolute atomic E-state index is 12.1. The average molecular weight is 300 g/mol. The van der Waals surface area contributed by atoms with Gasteiger partial charge in [-0.3, -0.25) is 0 Å². The van der Waals surface area contributed by atoms with Crippen LogP contribution in [0.15, 0.2) is 29.2 Å². The predicted octanol–water partition coefficient (Wildman–Crippen LogP) is 0.339. The summed E-state index contributed by atoms with van der Waals surface area (Å²) in [5, 5.41) is 0. The Hall–Kier alpha value is -1.15. The maximum atomic E-state index is 12.1. The Labute approximate surface area is 119 Å². The smallest absolute Gasteiger partial charge is 0.240 e. The van der Waals surface area contributed by atoms with Crippen molar-refractivity contribution in [3.63, 3.8) is 0 Å². The average Bonchev–Trinajstić information content (AvgIpc) is 2.97. The second kappa shape index (κ2) is 7.03. The van der Waals surface area contributed by atoms with Gasteiger partial charge in [-0.1, -0.05) is 0 Å². The molecular formula is C13H20N2O4S. The molecule has 0 spiro atoms. The monoisotopic (exact) mass is 300 g/mol. The molecule has 0 aromatic heterocycles. The molecule has 0 radical (unpaired) electrons. The van der Waals surface area contributed by atoms with Gasteiger partial charge in [0.25, 0.3) is 0 Å². The fourth-order valence-electron chi connectivity index (χ4n) is 1.95. The van der Waals surface area contributed by atoms with Crippen LogP contribution in [-0.4, -0.2) is 41.3 Å². The van der Waals surface area contributed by atoms with Crippen molar-refractivity contribution >= 4 is 10.0 Å². The molecule has 1 atom stereocenters. The molecule has 1 saturated heterocycles. The molecule has 1 fully saturated rings. The van der Waals surface area contributed by atoms with Crippen molar-refractivity contribution in [2.75, 3.05) is 32.9 Å². The van der Waals surface area contributed by atoms with Crippen LogP contribution in [0.2, 0.25) is 0 Å². The highest BCUT2D eigenvalue weighted by Gasteiger charge is 2.20. The minimum absolute atomic E-state index is 0.233. The van der Waals surface area contributed by atoms with Crippen LogP contribution in [0.4, 0.5) is 0 Å². The number of sulfonamides is 1. The standard InChI is InChI=1S/C13H20N2O4S/c14-6-8-19-12-1-3-13(4-2-12)20(16,17)15-9-11-5-7-18-10-11/h1-4,11,15H,5-10,14H2. The SMILES string of the molecule is NCCOc1ccc(S(=O)(=O)NCC2CCOC2)cc1. The van der Waals surface area contributed by atoms with Crippen LogP contribution in [0.1, 0.15) is 6.42 Å². The molecule has 3 N–H and O–H groups in total. The van der Waals surface area contributed by atoms with Crippen molar-refractivity contribution < 1.29 is 17.9 Å². The molecular weight excluding hydrogens is 280 g/mol. The van der Waals surface area contributed by atoms with Crippen LogP contribution in [-0.2, 0) is 14.8 Å². The van der Waals surface area contributed by atoms with Crippen LogP contribution < -0.4 is 15.2 Å². The lowest BCUT2D eigenvalue weighted by Gasteiger charge is -2.11. The number of nitrogens with one attached hydrogen (secondary N) is 1. The van der Waals surface area contributed by atoms with Gasteiger partial charge in [0, 0.05) is 19.7 Å². The van der Waals surface area contributed by atoms with Crippen molar-refractivity contribution in [1.82, 2.24) is 4.72 Å². The Balaban J connectivity index is 1.94. The Kier molecular flexibility index (Phi) is 5.36. The molecule has 0 aliphatic carbocycles. The van der Waals surface area contributed by atoms with Crippen molar-refractivity contribution in [3.05, 3.63) is 24.3 Å². The van der Waals surface area contributed by atoms with E-state index in [1.807, 2.05) is 0 Å². The summed E-state index contributed by atoms with van der Waals surface area (Å²) in [6.07, 6.45) is 0.897. The van der Waals surface area contributed by atoms with E-state index in [9.17, 15) is 8.42 Å². The summed E-state index contributed by atoms with van der Waals surface area (Å²) >= 11 is 0. The molecule has 20 heavy (non-hydrogen) atoms. The largest absolute Gasteiger partial charge is 0.492 e. The zero-order valence-corrected chi connectivity index (χ0v) is 12.1. The first-order valence-corrected chi connectivity index (χ1v) is 8.10. The van der Waals surface area contributed by atoms with Gasteiger partial charge in [-0.25, -0.2) is 13.1 Å². The van der Waals surface area contributed by atoms with E-state index in [0.717, 1.165) is 6.42 Å². The van der Waals surface area contributed by atoms with Crippen LogP contribution in [0, 0.1) is 5.92 Å². The lowest BCUT2D eigenvalue weighted by atomic mass is 10.1. The number of hydrogen-bond donors (Lipinski definition) is 2. The summed E-state index contributed by atoms with van der Waals surface area (Å²) in [6.45, 7) is 2.57. The summed E-state index contributed by atoms with van der Waals surface area (Å²) in [5.74, 6) is 0.871. The molecule has 1 aromatic rings. The quantitative estimate of drug-likeness (QED) is 0.758. The van der Waals surface area contributed by atoms with E-state index in [-0.39, 0.29) is 10.8 Å². The van der Waals surface area contributed by atoms with Gasteiger partial charge < -0.3 is 15.2 Å². The van der Waals surface area contributed by atoms with Gasteiger partial charge in [-0.15, -0.1) is 0 Å². The Bertz CT molecular complexity index is 510. The summed E-state index contributed by atoms with van der Waals surface area (Å²) in [7, 11) is -3.47. The molecule has 6 nitrogen and oxygen atoms in total. The van der Waals surface area contributed by atoms with Crippen LogP contribution in [0.5, 0.6) is 5.75 Å². The highest BCUT2D eigenvalue weighted by atomic mass is 32.2. The lowest BCUT2D eigenvalue weighted by molar-refractivity contribution is 0.186. The predicted molar refractivity (Wildman–Crippen MR) is 75.1 cm³/mol. The van der Waals surface area contributed by atoms with E-state index in [1.165, 1.54) is 12.1 Å². The van der Waals surface area contributed by atoms with Gasteiger partial charge >= 0.3 is 0 Å². The number of hydrogen-bond acceptors (Lipinski definition) is 5. The Morgan fingerprint density at radius 2 is 2.10 bits per heavy atom. The van der Waals surface area contributed by atoms with E-state index in [2.05, 4.69) is 4.72 Å². The third kappa shape index (κ3) is 4.17. The molecule has 0 amide bonds. The van der Waals surface area contributed by atoms with Gasteiger partial charge in [0.15, 0.2) is 0 Å². The molecule has 1 aliphatic heterocycles. The molecule has 112 valence electrons. The van der Waals surface area contributed by atoms with Crippen molar-refractivity contribution in [3.8, 4) is 5.75 Å². The van der Waals surface area contributed by atoms with Gasteiger partial charge in [-0.2, -0.15) is 0 Å². The number of rotatable bonds is 7. The molecule has 1 aliphatic rings. The van der Waals surface area contributed by atoms with Gasteiger partial charge in [0.2, 0.25) is 10.0 Å². The first kappa shape index (κ1) is 15.2. The highest BCUT2D eigenvalue weighted by molar-refractivity contribution is 7.89. The fraction of sp³-hybridized carbons (Fsp3) is 0.538. The third-order valence-corrected chi connectivity index (χ3v) is 4.55. The first-order chi connectivity index (χ1) is 9.62. The van der Waals surface area contributed by atoms with Crippen LogP contribution in [0.3, 0.4) is 0 Å². The zero-order valence-electron chi connectivity index (χ0n) is 11.2. The molecule has 1 aromatic carbocycles. The van der Waals surface area contributed by atoms with E-state index in [0.29, 0.717) is 38.7 Å². The summed E-state index contributed by atoms with van der Waals surface area (Å²) < 4.78 is 37.3. The highest BCUT2D eigenvalue weighted by Crippen LogP contribution is 2.17. The zero-order chi connectivity index (χ0) is 14.4. The summed E-state index contributed by atoms with van der Waals surface area (Å²) in [6, 6.07) is 6.31. The summed E-state index contributed by atoms with van der Waals surface area (Å²) in [5.41, 5.74) is 5.33. The number of benzene rings is 1. The number of nitrogens with two attached hydrogens (primary N) is 1. The van der Waals surface area contributed by atoms with Crippen LogP contribution >= 0.6 is 0 Å². The molecule has 1 unspecified atom stereocenters. The minimum Gasteiger partial charge on any atom is -0.492 e. The third-order valence-electron chi connectivity index (χ3n) is 3.11. The molecule has 2 rings (SSSR count). The minimum atomic E-state index is -3.47. The Morgan fingerprint density at radius 3 is 2.70 bits per heavy atom. The Morgan fingerprint density at radius 1 is 1.35 bits per heavy atom. The van der Waals surface area contributed by atoms with Crippen molar-refractivity contribution in [2.45, 2.75) is 11.3 Å². The van der Waals surface area contributed by atoms with Gasteiger partial charge in [0.1, 0.15) is 12.4 Å². The number of ether oxygens (including phenoxy) is 2. The first-order valence-electron chi connectivity index (χ1n) is 6.62. The van der Waals surface area contributed by atoms with Gasteiger partial charge in [-0.05, 0) is 36.6 Å². The lowest BCUT2D eigenvalue weighted by Crippen LogP contribution is -2.29. The van der Waals surface area contributed by atoms with E-state index in [4.69, 9.17) is 15.2 Å². The second-order valence-corrected chi connectivity index (χ2v) is 6.46. The van der Waals surface area contributed by atoms with E-state index < -0.39 is 10.0 Å². The van der Waals surface area contributed by atoms with Crippen LogP contribution in [0.25, 0.3) is 0 Å². The normalized spacial score (nSPS) is 19.1. The van der Waals surface area contributed by atoms with Gasteiger partial charge in [0.05, 0.1) is 11.5 Å². The molecule has 1 heterocycles. The maximum Gasteiger partial charge on any atom is 0.240 e. The van der Waals surface area contributed by atoms with Crippen molar-refractivity contribution in [2.24, 2.45) is 11.7 Å².